The summed E-state index contributed by atoms with van der Waals surface area (Å²) in [5.41, 5.74) is 1.64. The third kappa shape index (κ3) is 9.54. The van der Waals surface area contributed by atoms with Crippen LogP contribution in [-0.4, -0.2) is 44.0 Å². The molecule has 0 spiro atoms. The number of esters is 1. The number of halogens is 1. The Morgan fingerprint density at radius 1 is 1.03 bits per heavy atom. The molecule has 1 amide bonds. The van der Waals surface area contributed by atoms with Gasteiger partial charge in [0.15, 0.2) is 0 Å². The van der Waals surface area contributed by atoms with E-state index < -0.39 is 17.1 Å². The molecular formula is C28H38ClNO5. The molecule has 0 aromatic heterocycles. The lowest BCUT2D eigenvalue weighted by molar-refractivity contribution is -0.156. The molecule has 7 heteroatoms. The van der Waals surface area contributed by atoms with Crippen molar-refractivity contribution in [2.75, 3.05) is 20.3 Å². The van der Waals surface area contributed by atoms with E-state index in [1.165, 1.54) is 0 Å². The first-order chi connectivity index (χ1) is 16.5. The molecule has 1 N–H and O–H groups in total. The van der Waals surface area contributed by atoms with Crippen molar-refractivity contribution in [1.82, 2.24) is 5.32 Å². The Hall–Kier alpha value is -2.57. The molecule has 0 saturated heterocycles. The lowest BCUT2D eigenvalue weighted by Crippen LogP contribution is -2.45. The fourth-order valence-corrected chi connectivity index (χ4v) is 4.09. The molecule has 0 aliphatic heterocycles. The van der Waals surface area contributed by atoms with Crippen molar-refractivity contribution in [3.05, 3.63) is 59.1 Å². The zero-order chi connectivity index (χ0) is 26.1. The first-order valence-corrected chi connectivity index (χ1v) is 12.3. The van der Waals surface area contributed by atoms with E-state index in [4.69, 9.17) is 25.8 Å². The maximum absolute atomic E-state index is 12.9. The van der Waals surface area contributed by atoms with E-state index in [1.54, 1.807) is 14.0 Å². The molecule has 35 heavy (non-hydrogen) atoms. The molecule has 2 aromatic carbocycles. The van der Waals surface area contributed by atoms with Gasteiger partial charge in [0, 0.05) is 24.8 Å². The minimum Gasteiger partial charge on any atom is -0.466 e. The average molecular weight is 504 g/mol. The van der Waals surface area contributed by atoms with Gasteiger partial charge in [-0.1, -0.05) is 48.0 Å². The largest absolute Gasteiger partial charge is 0.466 e. The maximum atomic E-state index is 12.9. The number of amides is 1. The topological polar surface area (TPSA) is 73.9 Å². The van der Waals surface area contributed by atoms with E-state index in [0.29, 0.717) is 30.9 Å². The number of hydrogen-bond donors (Lipinski definition) is 1. The summed E-state index contributed by atoms with van der Waals surface area (Å²) in [7, 11) is 1.60. The molecule has 2 rings (SSSR count). The number of rotatable bonds is 11. The lowest BCUT2D eigenvalue weighted by Gasteiger charge is -2.32. The quantitative estimate of drug-likeness (QED) is 0.357. The SMILES string of the molecule is CCOC(=O)C(C)(CCOC)C[C@@H](Cc1ccc(-c2cccc(Cl)c2)cc1)NC(=O)OC(C)(C)C. The van der Waals surface area contributed by atoms with Gasteiger partial charge in [0.25, 0.3) is 0 Å². The van der Waals surface area contributed by atoms with Crippen molar-refractivity contribution in [3.63, 3.8) is 0 Å². The number of hydrogen-bond acceptors (Lipinski definition) is 5. The van der Waals surface area contributed by atoms with E-state index in [-0.39, 0.29) is 18.6 Å². The van der Waals surface area contributed by atoms with Crippen molar-refractivity contribution in [3.8, 4) is 11.1 Å². The third-order valence-corrected chi connectivity index (χ3v) is 5.87. The van der Waals surface area contributed by atoms with Gasteiger partial charge in [-0.2, -0.15) is 0 Å². The van der Waals surface area contributed by atoms with Crippen molar-refractivity contribution < 1.29 is 23.8 Å². The number of alkyl carbamates (subject to hydrolysis) is 1. The van der Waals surface area contributed by atoms with Gasteiger partial charge in [-0.3, -0.25) is 4.79 Å². The first-order valence-electron chi connectivity index (χ1n) is 12.0. The van der Waals surface area contributed by atoms with Crippen LogP contribution in [0.3, 0.4) is 0 Å². The van der Waals surface area contributed by atoms with Crippen molar-refractivity contribution in [1.29, 1.82) is 0 Å². The highest BCUT2D eigenvalue weighted by molar-refractivity contribution is 6.30. The number of ether oxygens (including phenoxy) is 3. The summed E-state index contributed by atoms with van der Waals surface area (Å²) in [6, 6.07) is 15.4. The molecule has 2 aromatic rings. The van der Waals surface area contributed by atoms with Gasteiger partial charge in [-0.05, 0) is 82.7 Å². The molecule has 0 heterocycles. The van der Waals surface area contributed by atoms with Crippen LogP contribution in [0.2, 0.25) is 5.02 Å². The van der Waals surface area contributed by atoms with Crippen LogP contribution in [0.15, 0.2) is 48.5 Å². The molecular weight excluding hydrogens is 466 g/mol. The van der Waals surface area contributed by atoms with E-state index >= 15 is 0 Å². The zero-order valence-corrected chi connectivity index (χ0v) is 22.4. The fraction of sp³-hybridized carbons (Fsp3) is 0.500. The minimum absolute atomic E-state index is 0.288. The number of nitrogens with one attached hydrogen (secondary N) is 1. The average Bonchev–Trinajstić information content (AvgIpc) is 2.77. The highest BCUT2D eigenvalue weighted by Gasteiger charge is 2.38. The van der Waals surface area contributed by atoms with E-state index in [2.05, 4.69) is 5.32 Å². The van der Waals surface area contributed by atoms with Gasteiger partial charge in [0.2, 0.25) is 0 Å². The van der Waals surface area contributed by atoms with Gasteiger partial charge in [-0.15, -0.1) is 0 Å². The molecule has 6 nitrogen and oxygen atoms in total. The van der Waals surface area contributed by atoms with Gasteiger partial charge >= 0.3 is 12.1 Å². The van der Waals surface area contributed by atoms with Crippen molar-refractivity contribution in [2.45, 2.75) is 65.5 Å². The Bertz CT molecular complexity index is 970. The normalized spacial score (nSPS) is 14.0. The van der Waals surface area contributed by atoms with Crippen LogP contribution in [0.5, 0.6) is 0 Å². The number of carbonyl (C=O) groups excluding carboxylic acids is 2. The Morgan fingerprint density at radius 3 is 2.29 bits per heavy atom. The summed E-state index contributed by atoms with van der Waals surface area (Å²) in [5, 5.41) is 3.66. The first kappa shape index (κ1) is 28.7. The van der Waals surface area contributed by atoms with Crippen LogP contribution in [0.4, 0.5) is 4.79 Å². The Morgan fingerprint density at radius 2 is 1.71 bits per heavy atom. The third-order valence-electron chi connectivity index (χ3n) is 5.64. The molecule has 0 saturated carbocycles. The van der Waals surface area contributed by atoms with Crippen LogP contribution in [0.1, 0.15) is 53.0 Å². The second-order valence-corrected chi connectivity index (χ2v) is 10.4. The van der Waals surface area contributed by atoms with E-state index in [9.17, 15) is 9.59 Å². The summed E-state index contributed by atoms with van der Waals surface area (Å²) in [6.45, 7) is 9.79. The van der Waals surface area contributed by atoms with Crippen LogP contribution in [0.25, 0.3) is 11.1 Å². The Labute approximate surface area is 214 Å². The summed E-state index contributed by atoms with van der Waals surface area (Å²) >= 11 is 6.14. The smallest absolute Gasteiger partial charge is 0.407 e. The number of benzene rings is 2. The van der Waals surface area contributed by atoms with Crippen LogP contribution in [-0.2, 0) is 25.4 Å². The minimum atomic E-state index is -0.827. The fourth-order valence-electron chi connectivity index (χ4n) is 3.90. The van der Waals surface area contributed by atoms with Crippen molar-refractivity contribution in [2.24, 2.45) is 5.41 Å². The van der Waals surface area contributed by atoms with Gasteiger partial charge in [0.1, 0.15) is 5.60 Å². The van der Waals surface area contributed by atoms with E-state index in [0.717, 1.165) is 16.7 Å². The Kier molecular flexibility index (Phi) is 10.6. The standard InChI is InChI=1S/C28H38ClNO5/c1-7-34-25(31)28(5,15-16-33-6)19-24(30-26(32)35-27(2,3)4)17-20-11-13-21(14-12-20)22-9-8-10-23(29)18-22/h8-14,18,24H,7,15-17,19H2,1-6H3,(H,30,32)/t24-,28?/m1/s1. The summed E-state index contributed by atoms with van der Waals surface area (Å²) in [6.07, 6.45) is 0.861. The summed E-state index contributed by atoms with van der Waals surface area (Å²) in [5.74, 6) is -0.302. The second kappa shape index (κ2) is 12.9. The Balaban J connectivity index is 2.27. The van der Waals surface area contributed by atoms with Gasteiger partial charge < -0.3 is 19.5 Å². The lowest BCUT2D eigenvalue weighted by atomic mass is 9.79. The summed E-state index contributed by atoms with van der Waals surface area (Å²) < 4.78 is 16.1. The monoisotopic (exact) mass is 503 g/mol. The van der Waals surface area contributed by atoms with Gasteiger partial charge in [0.05, 0.1) is 12.0 Å². The predicted molar refractivity (Wildman–Crippen MR) is 140 cm³/mol. The molecule has 0 aliphatic rings. The molecule has 0 fully saturated rings. The molecule has 0 radical (unpaired) electrons. The highest BCUT2D eigenvalue weighted by atomic mass is 35.5. The van der Waals surface area contributed by atoms with Crippen LogP contribution >= 0.6 is 11.6 Å². The molecule has 192 valence electrons. The predicted octanol–water partition coefficient (Wildman–Crippen LogP) is 6.44. The van der Waals surface area contributed by atoms with Gasteiger partial charge in [-0.25, -0.2) is 4.79 Å². The maximum Gasteiger partial charge on any atom is 0.407 e. The second-order valence-electron chi connectivity index (χ2n) is 9.98. The summed E-state index contributed by atoms with van der Waals surface area (Å²) in [4.78, 5) is 25.5. The number of methoxy groups -OCH3 is 1. The number of carbonyl (C=O) groups is 2. The molecule has 0 bridgehead atoms. The zero-order valence-electron chi connectivity index (χ0n) is 21.7. The molecule has 0 aliphatic carbocycles. The van der Waals surface area contributed by atoms with Crippen LogP contribution < -0.4 is 5.32 Å². The molecule has 2 atom stereocenters. The highest BCUT2D eigenvalue weighted by Crippen LogP contribution is 2.31. The molecule has 1 unspecified atom stereocenters. The van der Waals surface area contributed by atoms with Crippen molar-refractivity contribution >= 4 is 23.7 Å². The van der Waals surface area contributed by atoms with E-state index in [1.807, 2.05) is 76.2 Å². The van der Waals surface area contributed by atoms with Crippen LogP contribution in [0, 0.1) is 5.41 Å².